The number of nitrogens with zero attached hydrogens (tertiary/aromatic N) is 1. The summed E-state index contributed by atoms with van der Waals surface area (Å²) in [5.74, 6) is 2.31. The molecule has 7 heteroatoms. The normalized spacial score (nSPS) is 10.3. The van der Waals surface area contributed by atoms with Gasteiger partial charge in [0.25, 0.3) is 0 Å². The summed E-state index contributed by atoms with van der Waals surface area (Å²) in [7, 11) is 1.66. The number of methoxy groups -OCH3 is 1. The Labute approximate surface area is 157 Å². The van der Waals surface area contributed by atoms with Crippen molar-refractivity contribution in [1.82, 2.24) is 10.5 Å². The molecular weight excluding hydrogens is 360 g/mol. The van der Waals surface area contributed by atoms with Crippen molar-refractivity contribution in [2.45, 2.75) is 26.6 Å². The zero-order chi connectivity index (χ0) is 16.8. The summed E-state index contributed by atoms with van der Waals surface area (Å²) in [6.07, 6.45) is 0. The van der Waals surface area contributed by atoms with Gasteiger partial charge in [-0.05, 0) is 36.1 Å². The van der Waals surface area contributed by atoms with Gasteiger partial charge in [-0.1, -0.05) is 17.3 Å². The van der Waals surface area contributed by atoms with E-state index in [1.165, 1.54) is 4.88 Å². The number of benzene rings is 1. The molecule has 0 radical (unpaired) electrons. The lowest BCUT2D eigenvalue weighted by Crippen LogP contribution is -2.13. The van der Waals surface area contributed by atoms with E-state index in [0.717, 1.165) is 28.5 Å². The van der Waals surface area contributed by atoms with Gasteiger partial charge in [0.1, 0.15) is 12.4 Å². The number of aryl methyl sites for hydroxylation is 1. The van der Waals surface area contributed by atoms with E-state index in [-0.39, 0.29) is 12.4 Å². The molecule has 3 aromatic rings. The van der Waals surface area contributed by atoms with Gasteiger partial charge in [0, 0.05) is 24.0 Å². The van der Waals surface area contributed by atoms with Crippen LogP contribution in [0, 0.1) is 6.92 Å². The smallest absolute Gasteiger partial charge is 0.161 e. The van der Waals surface area contributed by atoms with Crippen LogP contribution in [0.3, 0.4) is 0 Å². The van der Waals surface area contributed by atoms with Gasteiger partial charge in [-0.15, -0.1) is 23.7 Å². The molecule has 0 atom stereocenters. The number of hydrogen-bond donors (Lipinski definition) is 1. The summed E-state index contributed by atoms with van der Waals surface area (Å²) in [5.41, 5.74) is 2.02. The maximum Gasteiger partial charge on any atom is 0.161 e. The molecule has 0 bridgehead atoms. The van der Waals surface area contributed by atoms with Crippen molar-refractivity contribution in [1.29, 1.82) is 0 Å². The SMILES string of the molecule is COc1cc(CNCc2cc(C)on2)ccc1OCc1cccs1.Cl. The second-order valence-corrected chi connectivity index (χ2v) is 6.42. The fourth-order valence-electron chi connectivity index (χ4n) is 2.32. The van der Waals surface area contributed by atoms with E-state index >= 15 is 0 Å². The summed E-state index contributed by atoms with van der Waals surface area (Å²) in [5, 5.41) is 9.34. The van der Waals surface area contributed by atoms with Gasteiger partial charge in [-0.25, -0.2) is 0 Å². The summed E-state index contributed by atoms with van der Waals surface area (Å²) >= 11 is 1.68. The van der Waals surface area contributed by atoms with Crippen molar-refractivity contribution >= 4 is 23.7 Å². The van der Waals surface area contributed by atoms with Gasteiger partial charge in [-0.3, -0.25) is 0 Å². The van der Waals surface area contributed by atoms with Gasteiger partial charge >= 0.3 is 0 Å². The Bertz CT molecular complexity index is 774. The summed E-state index contributed by atoms with van der Waals surface area (Å²) in [4.78, 5) is 1.19. The van der Waals surface area contributed by atoms with Crippen molar-refractivity contribution in [3.8, 4) is 11.5 Å². The summed E-state index contributed by atoms with van der Waals surface area (Å²) in [6, 6.07) is 12.0. The van der Waals surface area contributed by atoms with Gasteiger partial charge in [0.15, 0.2) is 11.5 Å². The first-order valence-corrected chi connectivity index (χ1v) is 8.57. The molecule has 25 heavy (non-hydrogen) atoms. The third-order valence-corrected chi connectivity index (χ3v) is 4.34. The molecule has 0 aliphatic rings. The highest BCUT2D eigenvalue weighted by atomic mass is 35.5. The predicted molar refractivity (Wildman–Crippen MR) is 101 cm³/mol. The van der Waals surface area contributed by atoms with Crippen molar-refractivity contribution < 1.29 is 14.0 Å². The van der Waals surface area contributed by atoms with Crippen molar-refractivity contribution in [2.24, 2.45) is 0 Å². The van der Waals surface area contributed by atoms with E-state index in [9.17, 15) is 0 Å². The average Bonchev–Trinajstić information content (AvgIpc) is 3.25. The van der Waals surface area contributed by atoms with Crippen LogP contribution in [0.5, 0.6) is 11.5 Å². The first-order chi connectivity index (χ1) is 11.7. The average molecular weight is 381 g/mol. The maximum absolute atomic E-state index is 5.85. The number of hydrogen-bond acceptors (Lipinski definition) is 6. The Morgan fingerprint density at radius 3 is 2.72 bits per heavy atom. The maximum atomic E-state index is 5.85. The van der Waals surface area contributed by atoms with Crippen molar-refractivity contribution in [2.75, 3.05) is 7.11 Å². The molecule has 0 aliphatic heterocycles. The summed E-state index contributed by atoms with van der Waals surface area (Å²) in [6.45, 7) is 3.82. The molecule has 2 heterocycles. The highest BCUT2D eigenvalue weighted by Gasteiger charge is 2.07. The molecule has 0 saturated heterocycles. The van der Waals surface area contributed by atoms with Gasteiger partial charge in [-0.2, -0.15) is 0 Å². The fourth-order valence-corrected chi connectivity index (χ4v) is 2.94. The Morgan fingerprint density at radius 1 is 1.16 bits per heavy atom. The largest absolute Gasteiger partial charge is 0.493 e. The number of ether oxygens (including phenoxy) is 2. The number of thiophene rings is 1. The Balaban J connectivity index is 0.00000225. The van der Waals surface area contributed by atoms with E-state index in [1.807, 2.05) is 42.6 Å². The van der Waals surface area contributed by atoms with Crippen LogP contribution in [-0.4, -0.2) is 12.3 Å². The highest BCUT2D eigenvalue weighted by Crippen LogP contribution is 2.29. The quantitative estimate of drug-likeness (QED) is 0.629. The van der Waals surface area contributed by atoms with Crippen LogP contribution < -0.4 is 14.8 Å². The van der Waals surface area contributed by atoms with Gasteiger partial charge in [0.2, 0.25) is 0 Å². The molecule has 5 nitrogen and oxygen atoms in total. The van der Waals surface area contributed by atoms with Gasteiger partial charge in [0.05, 0.1) is 12.8 Å². The number of nitrogens with one attached hydrogen (secondary N) is 1. The highest BCUT2D eigenvalue weighted by molar-refractivity contribution is 7.09. The number of rotatable bonds is 8. The molecular formula is C18H21ClN2O3S. The first-order valence-electron chi connectivity index (χ1n) is 7.69. The minimum atomic E-state index is 0. The number of aromatic nitrogens is 1. The zero-order valence-electron chi connectivity index (χ0n) is 14.2. The van der Waals surface area contributed by atoms with Crippen LogP contribution >= 0.6 is 23.7 Å². The Hall–Kier alpha value is -2.02. The molecule has 0 saturated carbocycles. The number of halogens is 1. The predicted octanol–water partition coefficient (Wildman–Crippen LogP) is 4.34. The lowest BCUT2D eigenvalue weighted by Gasteiger charge is -2.12. The van der Waals surface area contributed by atoms with Crippen molar-refractivity contribution in [3.63, 3.8) is 0 Å². The zero-order valence-corrected chi connectivity index (χ0v) is 15.8. The molecule has 0 spiro atoms. The molecule has 3 rings (SSSR count). The van der Waals surface area contributed by atoms with Crippen molar-refractivity contribution in [3.05, 3.63) is 63.7 Å². The molecule has 0 amide bonds. The van der Waals surface area contributed by atoms with Crippen LogP contribution in [-0.2, 0) is 19.7 Å². The van der Waals surface area contributed by atoms with Crippen LogP contribution in [0.15, 0.2) is 46.3 Å². The topological polar surface area (TPSA) is 56.5 Å². The fraction of sp³-hybridized carbons (Fsp3) is 0.278. The molecule has 2 aromatic heterocycles. The third-order valence-electron chi connectivity index (χ3n) is 3.49. The van der Waals surface area contributed by atoms with Crippen LogP contribution in [0.2, 0.25) is 0 Å². The van der Waals surface area contributed by atoms with Crippen LogP contribution in [0.4, 0.5) is 0 Å². The van der Waals surface area contributed by atoms with E-state index in [2.05, 4.69) is 16.5 Å². The minimum Gasteiger partial charge on any atom is -0.493 e. The monoisotopic (exact) mass is 380 g/mol. The van der Waals surface area contributed by atoms with E-state index in [0.29, 0.717) is 19.7 Å². The van der Waals surface area contributed by atoms with Gasteiger partial charge < -0.3 is 19.3 Å². The van der Waals surface area contributed by atoms with Crippen LogP contribution in [0.1, 0.15) is 21.9 Å². The first kappa shape index (κ1) is 19.3. The minimum absolute atomic E-state index is 0. The molecule has 1 aromatic carbocycles. The van der Waals surface area contributed by atoms with Crippen LogP contribution in [0.25, 0.3) is 0 Å². The van der Waals surface area contributed by atoms with E-state index in [4.69, 9.17) is 14.0 Å². The third kappa shape index (κ3) is 5.49. The Morgan fingerprint density at radius 2 is 2.04 bits per heavy atom. The second-order valence-electron chi connectivity index (χ2n) is 5.39. The standard InChI is InChI=1S/C18H20N2O3S.ClH/c1-13-8-15(20-23-13)11-19-10-14-5-6-17(18(9-14)21-2)22-12-16-4-3-7-24-16;/h3-9,19H,10-12H2,1-2H3;1H. The molecule has 0 fully saturated rings. The lowest BCUT2D eigenvalue weighted by atomic mass is 10.2. The summed E-state index contributed by atoms with van der Waals surface area (Å²) < 4.78 is 16.3. The Kier molecular flexibility index (Phi) is 7.31. The molecule has 0 unspecified atom stereocenters. The molecule has 0 aliphatic carbocycles. The lowest BCUT2D eigenvalue weighted by molar-refractivity contribution is 0.287. The second kappa shape index (κ2) is 9.46. The molecule has 1 N–H and O–H groups in total. The van der Waals surface area contributed by atoms with E-state index in [1.54, 1.807) is 18.4 Å². The molecule has 134 valence electrons. The van der Waals surface area contributed by atoms with E-state index < -0.39 is 0 Å².